The average Bonchev–Trinajstić information content (AvgIpc) is 3.22. The molecule has 0 bridgehead atoms. The standard InChI is InChI=1S/C20H18N2O5S/c1-25-16-9-5-8-14(17(16)26-2)19-22-15(11-28-19)18(23)21-13-7-4-6-12(10-13)20(24)27-3/h4-11H,1-3H3,(H,21,23). The van der Waals surface area contributed by atoms with Gasteiger partial charge in [0.05, 0.1) is 32.5 Å². The number of thiazole rings is 1. The molecule has 0 aliphatic carbocycles. The molecule has 7 nitrogen and oxygen atoms in total. The Balaban J connectivity index is 1.83. The van der Waals surface area contributed by atoms with E-state index in [9.17, 15) is 9.59 Å². The first-order chi connectivity index (χ1) is 13.6. The van der Waals surface area contributed by atoms with Gasteiger partial charge in [-0.1, -0.05) is 12.1 Å². The summed E-state index contributed by atoms with van der Waals surface area (Å²) < 4.78 is 15.4. The fourth-order valence-corrected chi connectivity index (χ4v) is 3.42. The number of methoxy groups -OCH3 is 3. The van der Waals surface area contributed by atoms with Crippen molar-refractivity contribution < 1.29 is 23.8 Å². The zero-order chi connectivity index (χ0) is 20.1. The van der Waals surface area contributed by atoms with E-state index in [1.54, 1.807) is 49.9 Å². The van der Waals surface area contributed by atoms with E-state index < -0.39 is 5.97 Å². The topological polar surface area (TPSA) is 86.8 Å². The summed E-state index contributed by atoms with van der Waals surface area (Å²) in [6, 6.07) is 12.0. The monoisotopic (exact) mass is 398 g/mol. The van der Waals surface area contributed by atoms with Crippen molar-refractivity contribution in [2.75, 3.05) is 26.6 Å². The molecule has 0 unspecified atom stereocenters. The lowest BCUT2D eigenvalue weighted by molar-refractivity contribution is 0.0600. The van der Waals surface area contributed by atoms with Crippen LogP contribution in [0.4, 0.5) is 5.69 Å². The molecule has 0 atom stereocenters. The SMILES string of the molecule is COC(=O)c1cccc(NC(=O)c2csc(-c3cccc(OC)c3OC)n2)c1. The number of anilines is 1. The Labute approximate surface area is 165 Å². The highest BCUT2D eigenvalue weighted by molar-refractivity contribution is 7.13. The predicted molar refractivity (Wildman–Crippen MR) is 106 cm³/mol. The number of hydrogen-bond acceptors (Lipinski definition) is 7. The Morgan fingerprint density at radius 3 is 2.54 bits per heavy atom. The smallest absolute Gasteiger partial charge is 0.337 e. The van der Waals surface area contributed by atoms with E-state index in [4.69, 9.17) is 9.47 Å². The van der Waals surface area contributed by atoms with Gasteiger partial charge in [-0.05, 0) is 30.3 Å². The van der Waals surface area contributed by atoms with E-state index in [1.807, 2.05) is 12.1 Å². The molecular weight excluding hydrogens is 380 g/mol. The number of benzene rings is 2. The number of nitrogens with zero attached hydrogens (tertiary/aromatic N) is 1. The maximum Gasteiger partial charge on any atom is 0.337 e. The molecule has 144 valence electrons. The fraction of sp³-hybridized carbons (Fsp3) is 0.150. The first-order valence-electron chi connectivity index (χ1n) is 8.24. The van der Waals surface area contributed by atoms with E-state index in [1.165, 1.54) is 18.4 Å². The molecule has 0 aliphatic rings. The number of esters is 1. The van der Waals surface area contributed by atoms with Gasteiger partial charge in [0.2, 0.25) is 0 Å². The summed E-state index contributed by atoms with van der Waals surface area (Å²) in [6.07, 6.45) is 0. The number of carbonyl (C=O) groups excluding carboxylic acids is 2. The molecule has 2 aromatic carbocycles. The second kappa shape index (κ2) is 8.53. The summed E-state index contributed by atoms with van der Waals surface area (Å²) in [5.74, 6) is 0.279. The normalized spacial score (nSPS) is 10.2. The van der Waals surface area contributed by atoms with Crippen LogP contribution in [0.5, 0.6) is 11.5 Å². The lowest BCUT2D eigenvalue weighted by atomic mass is 10.2. The molecule has 3 aromatic rings. The van der Waals surface area contributed by atoms with Crippen molar-refractivity contribution in [3.05, 3.63) is 59.1 Å². The van der Waals surface area contributed by atoms with Crippen molar-refractivity contribution in [2.45, 2.75) is 0 Å². The Hall–Kier alpha value is -3.39. The van der Waals surface area contributed by atoms with E-state index in [0.29, 0.717) is 27.8 Å². The number of nitrogens with one attached hydrogen (secondary N) is 1. The summed E-state index contributed by atoms with van der Waals surface area (Å²) >= 11 is 1.32. The molecule has 8 heteroatoms. The molecule has 1 heterocycles. The van der Waals surface area contributed by atoms with Crippen molar-refractivity contribution in [3.63, 3.8) is 0 Å². The number of aromatic nitrogens is 1. The quantitative estimate of drug-likeness (QED) is 0.635. The molecule has 0 saturated carbocycles. The molecule has 0 spiro atoms. The number of hydrogen-bond donors (Lipinski definition) is 1. The molecular formula is C20H18N2O5S. The first-order valence-corrected chi connectivity index (χ1v) is 9.12. The van der Waals surface area contributed by atoms with Gasteiger partial charge in [-0.2, -0.15) is 0 Å². The second-order valence-electron chi connectivity index (χ2n) is 5.61. The maximum atomic E-state index is 12.5. The van der Waals surface area contributed by atoms with E-state index in [-0.39, 0.29) is 11.6 Å². The van der Waals surface area contributed by atoms with Crippen LogP contribution in [0.25, 0.3) is 10.6 Å². The van der Waals surface area contributed by atoms with Gasteiger partial charge in [0.1, 0.15) is 10.7 Å². The number of ether oxygens (including phenoxy) is 3. The zero-order valence-corrected chi connectivity index (χ0v) is 16.3. The lowest BCUT2D eigenvalue weighted by Gasteiger charge is -2.10. The van der Waals surface area contributed by atoms with Gasteiger partial charge < -0.3 is 19.5 Å². The van der Waals surface area contributed by atoms with Gasteiger partial charge in [-0.15, -0.1) is 11.3 Å². The Kier molecular flexibility index (Phi) is 5.90. The van der Waals surface area contributed by atoms with Crippen molar-refractivity contribution in [1.29, 1.82) is 0 Å². The molecule has 3 rings (SSSR count). The highest BCUT2D eigenvalue weighted by Gasteiger charge is 2.17. The highest BCUT2D eigenvalue weighted by Crippen LogP contribution is 2.39. The highest BCUT2D eigenvalue weighted by atomic mass is 32.1. The van der Waals surface area contributed by atoms with Gasteiger partial charge in [0.25, 0.3) is 5.91 Å². The summed E-state index contributed by atoms with van der Waals surface area (Å²) in [5, 5.41) is 5.02. The van der Waals surface area contributed by atoms with E-state index >= 15 is 0 Å². The van der Waals surface area contributed by atoms with Crippen molar-refractivity contribution in [2.24, 2.45) is 0 Å². The van der Waals surface area contributed by atoms with Gasteiger partial charge >= 0.3 is 5.97 Å². The molecule has 0 fully saturated rings. The van der Waals surface area contributed by atoms with E-state index in [0.717, 1.165) is 5.56 Å². The first kappa shape index (κ1) is 19.4. The van der Waals surface area contributed by atoms with Crippen LogP contribution < -0.4 is 14.8 Å². The third-order valence-corrected chi connectivity index (χ3v) is 4.79. The largest absolute Gasteiger partial charge is 0.493 e. The molecule has 1 N–H and O–H groups in total. The minimum absolute atomic E-state index is 0.258. The van der Waals surface area contributed by atoms with Crippen LogP contribution >= 0.6 is 11.3 Å². The van der Waals surface area contributed by atoms with Crippen LogP contribution in [0, 0.1) is 0 Å². The van der Waals surface area contributed by atoms with Crippen molar-refractivity contribution >= 4 is 28.9 Å². The van der Waals surface area contributed by atoms with Crippen LogP contribution in [0.15, 0.2) is 47.8 Å². The summed E-state index contributed by atoms with van der Waals surface area (Å²) in [5.41, 5.74) is 1.81. The number of amides is 1. The Morgan fingerprint density at radius 2 is 1.82 bits per heavy atom. The Bertz CT molecular complexity index is 1020. The fourth-order valence-electron chi connectivity index (χ4n) is 2.59. The summed E-state index contributed by atoms with van der Waals surface area (Å²) in [7, 11) is 4.42. The minimum Gasteiger partial charge on any atom is -0.493 e. The molecule has 1 aromatic heterocycles. The number of para-hydroxylation sites is 1. The van der Waals surface area contributed by atoms with Crippen LogP contribution in [-0.4, -0.2) is 38.2 Å². The maximum absolute atomic E-state index is 12.5. The zero-order valence-electron chi connectivity index (χ0n) is 15.5. The summed E-state index contributed by atoms with van der Waals surface area (Å²) in [6.45, 7) is 0. The molecule has 0 aliphatic heterocycles. The second-order valence-corrected chi connectivity index (χ2v) is 6.46. The van der Waals surface area contributed by atoms with Gasteiger partial charge in [0.15, 0.2) is 11.5 Å². The number of carbonyl (C=O) groups is 2. The average molecular weight is 398 g/mol. The molecule has 1 amide bonds. The molecule has 0 radical (unpaired) electrons. The van der Waals surface area contributed by atoms with Crippen LogP contribution in [0.2, 0.25) is 0 Å². The van der Waals surface area contributed by atoms with Crippen molar-refractivity contribution in [3.8, 4) is 22.1 Å². The van der Waals surface area contributed by atoms with Crippen LogP contribution in [0.1, 0.15) is 20.8 Å². The molecule has 0 saturated heterocycles. The summed E-state index contributed by atoms with van der Waals surface area (Å²) in [4.78, 5) is 28.6. The Morgan fingerprint density at radius 1 is 1.04 bits per heavy atom. The predicted octanol–water partition coefficient (Wildman–Crippen LogP) is 3.87. The van der Waals surface area contributed by atoms with Crippen molar-refractivity contribution in [1.82, 2.24) is 4.98 Å². The van der Waals surface area contributed by atoms with Crippen LogP contribution in [-0.2, 0) is 4.74 Å². The number of rotatable bonds is 6. The minimum atomic E-state index is -0.475. The third kappa shape index (κ3) is 3.96. The lowest BCUT2D eigenvalue weighted by Crippen LogP contribution is -2.13. The third-order valence-electron chi connectivity index (χ3n) is 3.91. The molecule has 28 heavy (non-hydrogen) atoms. The van der Waals surface area contributed by atoms with Gasteiger partial charge in [-0.3, -0.25) is 4.79 Å². The van der Waals surface area contributed by atoms with E-state index in [2.05, 4.69) is 15.0 Å². The van der Waals surface area contributed by atoms with Gasteiger partial charge in [0, 0.05) is 11.1 Å². The van der Waals surface area contributed by atoms with Crippen LogP contribution in [0.3, 0.4) is 0 Å². The van der Waals surface area contributed by atoms with Gasteiger partial charge in [-0.25, -0.2) is 9.78 Å².